The van der Waals surface area contributed by atoms with Gasteiger partial charge in [0.2, 0.25) is 0 Å². The first-order chi connectivity index (χ1) is 8.49. The Labute approximate surface area is 104 Å². The van der Waals surface area contributed by atoms with E-state index in [2.05, 4.69) is 0 Å². The lowest BCUT2D eigenvalue weighted by molar-refractivity contribution is 0.103. The molecule has 0 unspecified atom stereocenters. The summed E-state index contributed by atoms with van der Waals surface area (Å²) < 4.78 is 0. The minimum Gasteiger partial charge on any atom is -0.508 e. The van der Waals surface area contributed by atoms with Gasteiger partial charge < -0.3 is 15.3 Å². The van der Waals surface area contributed by atoms with Gasteiger partial charge in [0.15, 0.2) is 17.3 Å². The van der Waals surface area contributed by atoms with Crippen molar-refractivity contribution in [1.82, 2.24) is 0 Å². The molecular weight excluding hydrogens is 232 g/mol. The maximum atomic E-state index is 12.1. The molecule has 0 atom stereocenters. The first kappa shape index (κ1) is 12.0. The van der Waals surface area contributed by atoms with Gasteiger partial charge in [-0.25, -0.2) is 0 Å². The van der Waals surface area contributed by atoms with Crippen LogP contribution in [-0.4, -0.2) is 21.1 Å². The Morgan fingerprint density at radius 3 is 1.94 bits per heavy atom. The quantitative estimate of drug-likeness (QED) is 0.559. The van der Waals surface area contributed by atoms with Gasteiger partial charge in [0.05, 0.1) is 0 Å². The number of aromatic hydroxyl groups is 3. The Morgan fingerprint density at radius 1 is 0.833 bits per heavy atom. The van der Waals surface area contributed by atoms with Crippen LogP contribution >= 0.6 is 0 Å². The number of phenols is 3. The van der Waals surface area contributed by atoms with Crippen molar-refractivity contribution in [1.29, 1.82) is 0 Å². The molecule has 18 heavy (non-hydrogen) atoms. The van der Waals surface area contributed by atoms with E-state index in [1.807, 2.05) is 0 Å². The van der Waals surface area contributed by atoms with Gasteiger partial charge in [-0.1, -0.05) is 12.1 Å². The fraction of sp³-hybridized carbons (Fsp3) is 0.0714. The molecule has 0 aliphatic heterocycles. The molecule has 0 bridgehead atoms. The van der Waals surface area contributed by atoms with Gasteiger partial charge in [0.25, 0.3) is 0 Å². The molecule has 0 spiro atoms. The maximum absolute atomic E-state index is 12.1. The molecule has 2 aromatic carbocycles. The molecule has 0 amide bonds. The highest BCUT2D eigenvalue weighted by molar-refractivity contribution is 6.09. The first-order valence-electron chi connectivity index (χ1n) is 5.35. The lowest BCUT2D eigenvalue weighted by Crippen LogP contribution is -2.01. The summed E-state index contributed by atoms with van der Waals surface area (Å²) in [7, 11) is 0. The first-order valence-corrected chi connectivity index (χ1v) is 5.35. The van der Waals surface area contributed by atoms with Crippen molar-refractivity contribution in [2.75, 3.05) is 0 Å². The summed E-state index contributed by atoms with van der Waals surface area (Å²) in [5, 5.41) is 28.1. The number of carbonyl (C=O) groups excluding carboxylic acids is 1. The van der Waals surface area contributed by atoms with Crippen molar-refractivity contribution in [3.8, 4) is 17.2 Å². The van der Waals surface area contributed by atoms with Crippen LogP contribution in [0, 0.1) is 6.92 Å². The Kier molecular flexibility index (Phi) is 2.93. The zero-order valence-electron chi connectivity index (χ0n) is 9.71. The Bertz CT molecular complexity index is 564. The number of carbonyl (C=O) groups is 1. The van der Waals surface area contributed by atoms with Crippen LogP contribution in [0.4, 0.5) is 0 Å². The molecule has 0 saturated carbocycles. The molecule has 0 radical (unpaired) electrons. The third-order valence-electron chi connectivity index (χ3n) is 2.71. The molecule has 2 rings (SSSR count). The summed E-state index contributed by atoms with van der Waals surface area (Å²) >= 11 is 0. The third kappa shape index (κ3) is 2.13. The van der Waals surface area contributed by atoms with E-state index in [1.165, 1.54) is 24.3 Å². The zero-order valence-corrected chi connectivity index (χ0v) is 9.71. The molecule has 92 valence electrons. The van der Waals surface area contributed by atoms with Crippen LogP contribution in [0.25, 0.3) is 0 Å². The standard InChI is InChI=1S/C14H12O4/c1-8-2-3-9(6-12(8)16)14(18)10-4-5-11(15)13(17)7-10/h2-7,15-17H,1H3. The normalized spacial score (nSPS) is 10.3. The Hall–Kier alpha value is -2.49. The monoisotopic (exact) mass is 244 g/mol. The molecule has 0 saturated heterocycles. The fourth-order valence-corrected chi connectivity index (χ4v) is 1.58. The van der Waals surface area contributed by atoms with Crippen molar-refractivity contribution < 1.29 is 20.1 Å². The summed E-state index contributed by atoms with van der Waals surface area (Å²) in [6, 6.07) is 8.46. The average Bonchev–Trinajstić information content (AvgIpc) is 2.35. The summed E-state index contributed by atoms with van der Waals surface area (Å²) in [6.07, 6.45) is 0. The van der Waals surface area contributed by atoms with Gasteiger partial charge >= 0.3 is 0 Å². The summed E-state index contributed by atoms with van der Waals surface area (Å²) in [6.45, 7) is 1.73. The summed E-state index contributed by atoms with van der Waals surface area (Å²) in [5.41, 5.74) is 1.25. The van der Waals surface area contributed by atoms with Gasteiger partial charge in [0, 0.05) is 11.1 Å². The van der Waals surface area contributed by atoms with E-state index in [1.54, 1.807) is 19.1 Å². The van der Waals surface area contributed by atoms with Crippen LogP contribution in [0.15, 0.2) is 36.4 Å². The zero-order chi connectivity index (χ0) is 13.3. The number of phenolic OH excluding ortho intramolecular Hbond substituents is 3. The highest BCUT2D eigenvalue weighted by atomic mass is 16.3. The Balaban J connectivity index is 2.41. The van der Waals surface area contributed by atoms with Gasteiger partial charge in [0.1, 0.15) is 5.75 Å². The molecule has 0 aromatic heterocycles. The minimum absolute atomic E-state index is 0.0452. The van der Waals surface area contributed by atoms with Crippen molar-refractivity contribution in [3.63, 3.8) is 0 Å². The van der Waals surface area contributed by atoms with E-state index in [0.29, 0.717) is 11.1 Å². The molecular formula is C14H12O4. The van der Waals surface area contributed by atoms with Crippen LogP contribution in [0.3, 0.4) is 0 Å². The number of hydrogen-bond acceptors (Lipinski definition) is 4. The van der Waals surface area contributed by atoms with Gasteiger partial charge in [-0.2, -0.15) is 0 Å². The second-order valence-corrected chi connectivity index (χ2v) is 4.03. The van der Waals surface area contributed by atoms with Crippen LogP contribution in [0.5, 0.6) is 17.2 Å². The predicted molar refractivity (Wildman–Crippen MR) is 66.0 cm³/mol. The van der Waals surface area contributed by atoms with Crippen LogP contribution < -0.4 is 0 Å². The summed E-state index contributed by atoms with van der Waals surface area (Å²) in [4.78, 5) is 12.1. The highest BCUT2D eigenvalue weighted by Crippen LogP contribution is 2.27. The lowest BCUT2D eigenvalue weighted by Gasteiger charge is -2.05. The van der Waals surface area contributed by atoms with E-state index < -0.39 is 0 Å². The molecule has 0 fully saturated rings. The van der Waals surface area contributed by atoms with E-state index in [9.17, 15) is 20.1 Å². The van der Waals surface area contributed by atoms with E-state index in [0.717, 1.165) is 0 Å². The maximum Gasteiger partial charge on any atom is 0.193 e. The molecule has 0 aliphatic rings. The molecule has 3 N–H and O–H groups in total. The van der Waals surface area contributed by atoms with E-state index >= 15 is 0 Å². The van der Waals surface area contributed by atoms with Crippen LogP contribution in [0.2, 0.25) is 0 Å². The molecule has 4 heteroatoms. The number of rotatable bonds is 2. The largest absolute Gasteiger partial charge is 0.508 e. The van der Waals surface area contributed by atoms with Crippen LogP contribution in [-0.2, 0) is 0 Å². The third-order valence-corrected chi connectivity index (χ3v) is 2.71. The number of benzene rings is 2. The van der Waals surface area contributed by atoms with Crippen molar-refractivity contribution in [2.45, 2.75) is 6.92 Å². The van der Waals surface area contributed by atoms with Crippen LogP contribution in [0.1, 0.15) is 21.5 Å². The lowest BCUT2D eigenvalue weighted by atomic mass is 10.0. The molecule has 2 aromatic rings. The van der Waals surface area contributed by atoms with E-state index in [-0.39, 0.29) is 28.6 Å². The van der Waals surface area contributed by atoms with Gasteiger partial charge in [-0.05, 0) is 36.8 Å². The van der Waals surface area contributed by atoms with Gasteiger partial charge in [-0.15, -0.1) is 0 Å². The molecule has 0 heterocycles. The van der Waals surface area contributed by atoms with E-state index in [4.69, 9.17) is 0 Å². The van der Waals surface area contributed by atoms with Crippen molar-refractivity contribution in [2.24, 2.45) is 0 Å². The number of aryl methyl sites for hydroxylation is 1. The van der Waals surface area contributed by atoms with Gasteiger partial charge in [-0.3, -0.25) is 4.79 Å². The minimum atomic E-state index is -0.350. The highest BCUT2D eigenvalue weighted by Gasteiger charge is 2.12. The number of ketones is 1. The average molecular weight is 244 g/mol. The number of hydrogen-bond donors (Lipinski definition) is 3. The second-order valence-electron chi connectivity index (χ2n) is 4.03. The predicted octanol–water partition coefficient (Wildman–Crippen LogP) is 2.34. The summed E-state index contributed by atoms with van der Waals surface area (Å²) in [5.74, 6) is -0.917. The topological polar surface area (TPSA) is 77.8 Å². The molecule has 4 nitrogen and oxygen atoms in total. The smallest absolute Gasteiger partial charge is 0.193 e. The second kappa shape index (κ2) is 4.41. The molecule has 0 aliphatic carbocycles. The fourth-order valence-electron chi connectivity index (χ4n) is 1.58. The Morgan fingerprint density at radius 2 is 1.39 bits per heavy atom. The van der Waals surface area contributed by atoms with Crippen molar-refractivity contribution in [3.05, 3.63) is 53.1 Å². The van der Waals surface area contributed by atoms with Crippen molar-refractivity contribution >= 4 is 5.78 Å². The SMILES string of the molecule is Cc1ccc(C(=O)c2ccc(O)c(O)c2)cc1O.